The van der Waals surface area contributed by atoms with E-state index in [1.165, 1.54) is 16.8 Å². The van der Waals surface area contributed by atoms with Crippen molar-refractivity contribution in [1.82, 2.24) is 29.3 Å². The average Bonchev–Trinajstić information content (AvgIpc) is 3.53. The van der Waals surface area contributed by atoms with Crippen LogP contribution < -0.4 is 10.9 Å². The lowest BCUT2D eigenvalue weighted by atomic mass is 9.86. The lowest BCUT2D eigenvalue weighted by molar-refractivity contribution is -0.143. The zero-order chi connectivity index (χ0) is 27.4. The summed E-state index contributed by atoms with van der Waals surface area (Å²) in [7, 11) is 0. The van der Waals surface area contributed by atoms with Gasteiger partial charge in [0.25, 0.3) is 17.4 Å². The Hall–Kier alpha value is -3.28. The number of alkyl halides is 2. The molecule has 2 saturated carbocycles. The van der Waals surface area contributed by atoms with Crippen LogP contribution in [0, 0.1) is 5.92 Å². The molecule has 0 radical (unpaired) electrons. The number of nitrogens with zero attached hydrogens (tertiary/aromatic N) is 5. The van der Waals surface area contributed by atoms with Gasteiger partial charge in [-0.1, -0.05) is 13.8 Å². The highest BCUT2D eigenvalue weighted by molar-refractivity contribution is 5.97. The van der Waals surface area contributed by atoms with Gasteiger partial charge < -0.3 is 15.3 Å². The van der Waals surface area contributed by atoms with Gasteiger partial charge in [0, 0.05) is 68.8 Å². The average molecular weight is 533 g/mol. The third-order valence-electron chi connectivity index (χ3n) is 7.53. The highest BCUT2D eigenvalue weighted by atomic mass is 19.3. The maximum Gasteiger partial charge on any atom is 0.291 e. The third kappa shape index (κ3) is 5.05. The number of rotatable bonds is 7. The Morgan fingerprint density at radius 3 is 2.58 bits per heavy atom. The van der Waals surface area contributed by atoms with Crippen LogP contribution in [0.2, 0.25) is 0 Å². The molecule has 1 saturated heterocycles. The number of hydrogen-bond donors (Lipinski definition) is 2. The lowest BCUT2D eigenvalue weighted by Crippen LogP contribution is -2.60. The number of amides is 2. The van der Waals surface area contributed by atoms with E-state index in [2.05, 4.69) is 10.4 Å². The van der Waals surface area contributed by atoms with Crippen LogP contribution in [0.5, 0.6) is 5.88 Å². The molecule has 0 aromatic carbocycles. The van der Waals surface area contributed by atoms with Crippen LogP contribution in [-0.4, -0.2) is 84.6 Å². The molecular weight excluding hydrogens is 498 g/mol. The number of piperazine rings is 1. The van der Waals surface area contributed by atoms with Crippen molar-refractivity contribution < 1.29 is 23.5 Å². The van der Waals surface area contributed by atoms with Crippen LogP contribution in [0.3, 0.4) is 0 Å². The van der Waals surface area contributed by atoms with E-state index < -0.39 is 23.3 Å². The summed E-state index contributed by atoms with van der Waals surface area (Å²) < 4.78 is 29.2. The van der Waals surface area contributed by atoms with Crippen LogP contribution in [0.1, 0.15) is 62.4 Å². The van der Waals surface area contributed by atoms with Crippen LogP contribution in [0.4, 0.5) is 8.78 Å². The van der Waals surface area contributed by atoms with Crippen molar-refractivity contribution in [3.05, 3.63) is 33.8 Å². The minimum absolute atomic E-state index is 0.0107. The van der Waals surface area contributed by atoms with Crippen molar-refractivity contribution in [3.8, 4) is 5.88 Å². The van der Waals surface area contributed by atoms with Gasteiger partial charge in [0.05, 0.1) is 6.20 Å². The Labute approximate surface area is 218 Å². The molecule has 2 aromatic heterocycles. The third-order valence-corrected chi connectivity index (χ3v) is 7.53. The molecule has 3 heterocycles. The first-order valence-corrected chi connectivity index (χ1v) is 13.2. The molecule has 0 spiro atoms. The summed E-state index contributed by atoms with van der Waals surface area (Å²) in [6, 6.07) is -0.271. The Kier molecular flexibility index (Phi) is 6.79. The van der Waals surface area contributed by atoms with E-state index in [4.69, 9.17) is 0 Å². The number of halogens is 2. The standard InChI is InChI=1S/C26H34F2N6O4/c1-15(2)13-33-23-17(12-29-34(23)25(38)21(24(33)37)22(36)30-18-5-6-18)4-7-20(35)32-9-8-31(14-16(32)3)19-10-26(27,28)11-19/h4,7,12,15-16,18-19,37H,5-6,8-11,13-14H2,1-3H3,(H,30,36)/b7-4+/t16-/m1/s1. The highest BCUT2D eigenvalue weighted by Gasteiger charge is 2.48. The molecule has 2 aromatic rings. The summed E-state index contributed by atoms with van der Waals surface area (Å²) in [6.07, 6.45) is 5.80. The second kappa shape index (κ2) is 9.79. The molecule has 2 amide bonds. The van der Waals surface area contributed by atoms with Crippen LogP contribution in [0.15, 0.2) is 17.1 Å². The number of carbonyl (C=O) groups is 2. The number of hydrogen-bond acceptors (Lipinski definition) is 6. The second-order valence-electron chi connectivity index (χ2n) is 11.2. The molecule has 3 fully saturated rings. The number of aromatic nitrogens is 3. The number of fused-ring (bicyclic) bond motifs is 1. The molecular formula is C26H34F2N6O4. The van der Waals surface area contributed by atoms with Crippen molar-refractivity contribution in [2.45, 2.75) is 77.0 Å². The second-order valence-corrected chi connectivity index (χ2v) is 11.2. The minimum atomic E-state index is -2.58. The van der Waals surface area contributed by atoms with E-state index in [-0.39, 0.29) is 54.0 Å². The first kappa shape index (κ1) is 26.3. The maximum atomic E-state index is 13.3. The van der Waals surface area contributed by atoms with E-state index in [9.17, 15) is 28.3 Å². The van der Waals surface area contributed by atoms with E-state index in [1.54, 1.807) is 11.0 Å². The topological polar surface area (TPSA) is 112 Å². The van der Waals surface area contributed by atoms with Crippen molar-refractivity contribution in [2.24, 2.45) is 5.92 Å². The summed E-state index contributed by atoms with van der Waals surface area (Å²) in [5, 5.41) is 17.9. The van der Waals surface area contributed by atoms with Gasteiger partial charge in [-0.25, -0.2) is 8.78 Å². The molecule has 1 aliphatic heterocycles. The highest BCUT2D eigenvalue weighted by Crippen LogP contribution is 2.41. The summed E-state index contributed by atoms with van der Waals surface area (Å²) in [5.74, 6) is -3.80. The molecule has 2 N–H and O–H groups in total. The van der Waals surface area contributed by atoms with Crippen molar-refractivity contribution >= 4 is 23.5 Å². The van der Waals surface area contributed by atoms with Gasteiger partial charge in [0.1, 0.15) is 5.65 Å². The lowest BCUT2D eigenvalue weighted by Gasteiger charge is -2.48. The van der Waals surface area contributed by atoms with Gasteiger partial charge in [-0.05, 0) is 31.8 Å². The quantitative estimate of drug-likeness (QED) is 0.529. The van der Waals surface area contributed by atoms with Crippen molar-refractivity contribution in [1.29, 1.82) is 0 Å². The Morgan fingerprint density at radius 2 is 1.97 bits per heavy atom. The van der Waals surface area contributed by atoms with Gasteiger partial charge in [-0.15, -0.1) is 0 Å². The van der Waals surface area contributed by atoms with Crippen LogP contribution in [0.25, 0.3) is 11.7 Å². The molecule has 2 aliphatic carbocycles. The predicted octanol–water partition coefficient (Wildman–Crippen LogP) is 2.09. The maximum absolute atomic E-state index is 13.3. The predicted molar refractivity (Wildman–Crippen MR) is 136 cm³/mol. The molecule has 38 heavy (non-hydrogen) atoms. The summed E-state index contributed by atoms with van der Waals surface area (Å²) in [4.78, 5) is 42.7. The molecule has 10 nitrogen and oxygen atoms in total. The van der Waals surface area contributed by atoms with E-state index >= 15 is 0 Å². The first-order valence-electron chi connectivity index (χ1n) is 13.2. The van der Waals surface area contributed by atoms with E-state index in [1.807, 2.05) is 25.7 Å². The van der Waals surface area contributed by atoms with Gasteiger partial charge in [0.15, 0.2) is 5.56 Å². The Balaban J connectivity index is 1.38. The number of nitrogens with one attached hydrogen (secondary N) is 1. The smallest absolute Gasteiger partial charge is 0.291 e. The minimum Gasteiger partial charge on any atom is -0.494 e. The SMILES string of the molecule is CC(C)Cn1c(O)c(C(=O)NC2CC2)c(=O)n2ncc(/C=C/C(=O)N3CCN(C4CC(F)(F)C4)C[C@H]3C)c12. The van der Waals surface area contributed by atoms with Crippen molar-refractivity contribution in [3.63, 3.8) is 0 Å². The van der Waals surface area contributed by atoms with Crippen LogP contribution >= 0.6 is 0 Å². The number of carbonyl (C=O) groups excluding carboxylic acids is 2. The van der Waals surface area contributed by atoms with Crippen molar-refractivity contribution in [2.75, 3.05) is 19.6 Å². The number of aromatic hydroxyl groups is 1. The fourth-order valence-electron chi connectivity index (χ4n) is 5.34. The molecule has 12 heteroatoms. The molecule has 1 atom stereocenters. The fraction of sp³-hybridized carbons (Fsp3) is 0.615. The Morgan fingerprint density at radius 1 is 1.26 bits per heavy atom. The zero-order valence-corrected chi connectivity index (χ0v) is 21.9. The molecule has 0 bridgehead atoms. The molecule has 5 rings (SSSR count). The largest absolute Gasteiger partial charge is 0.494 e. The van der Waals surface area contributed by atoms with E-state index in [0.29, 0.717) is 31.7 Å². The van der Waals surface area contributed by atoms with Gasteiger partial charge in [0.2, 0.25) is 11.8 Å². The summed E-state index contributed by atoms with van der Waals surface area (Å²) in [5.41, 5.74) is -0.343. The van der Waals surface area contributed by atoms with Gasteiger partial charge >= 0.3 is 0 Å². The van der Waals surface area contributed by atoms with Gasteiger partial charge in [-0.2, -0.15) is 9.61 Å². The monoisotopic (exact) mass is 532 g/mol. The van der Waals surface area contributed by atoms with E-state index in [0.717, 1.165) is 17.4 Å². The first-order chi connectivity index (χ1) is 17.9. The fourth-order valence-corrected chi connectivity index (χ4v) is 5.34. The molecule has 206 valence electrons. The molecule has 3 aliphatic rings. The normalized spacial score (nSPS) is 22.4. The Bertz CT molecular complexity index is 1340. The zero-order valence-electron chi connectivity index (χ0n) is 21.9. The molecule has 0 unspecified atom stereocenters. The summed E-state index contributed by atoms with van der Waals surface area (Å²) in [6.45, 7) is 7.60. The van der Waals surface area contributed by atoms with Gasteiger partial charge in [-0.3, -0.25) is 23.9 Å². The summed E-state index contributed by atoms with van der Waals surface area (Å²) >= 11 is 0. The van der Waals surface area contributed by atoms with Crippen LogP contribution in [-0.2, 0) is 11.3 Å².